The van der Waals surface area contributed by atoms with E-state index in [1.807, 2.05) is 13.0 Å². The quantitative estimate of drug-likeness (QED) is 0.579. The number of halogens is 1. The topological polar surface area (TPSA) is 117 Å². The highest BCUT2D eigenvalue weighted by Gasteiger charge is 2.26. The molecule has 1 aromatic heterocycles. The summed E-state index contributed by atoms with van der Waals surface area (Å²) in [6.45, 7) is 7.68. The number of aromatic nitrogens is 2. The summed E-state index contributed by atoms with van der Waals surface area (Å²) < 4.78 is 5.69. The standard InChI is InChI=1S/C23H30ClN7O3/c1-3-16-21(24)28-23(20(27-16)22(25)33)26-15-5-6-17-18(13-15)34-14-19(32)31(17)8-4-7-30-11-9-29(2)10-12-30/h5-6,13H,3-4,7-12,14H2,1-2H3,(H2,25,33)(H,26,28). The van der Waals surface area contributed by atoms with E-state index in [1.54, 1.807) is 17.0 Å². The Hall–Kier alpha value is -2.95. The molecular weight excluding hydrogens is 458 g/mol. The fraction of sp³-hybridized carbons (Fsp3) is 0.478. The number of benzene rings is 1. The lowest BCUT2D eigenvalue weighted by Gasteiger charge is -2.34. The number of likely N-dealkylation sites (N-methyl/N-ethyl adjacent to an activating group) is 1. The van der Waals surface area contributed by atoms with E-state index < -0.39 is 5.91 Å². The van der Waals surface area contributed by atoms with E-state index >= 15 is 0 Å². The fourth-order valence-corrected chi connectivity index (χ4v) is 4.38. The van der Waals surface area contributed by atoms with E-state index in [2.05, 4.69) is 32.1 Å². The third kappa shape index (κ3) is 5.40. The van der Waals surface area contributed by atoms with Gasteiger partial charge in [0.05, 0.1) is 11.4 Å². The van der Waals surface area contributed by atoms with Crippen LogP contribution in [-0.2, 0) is 11.2 Å². The summed E-state index contributed by atoms with van der Waals surface area (Å²) in [5.41, 5.74) is 7.35. The van der Waals surface area contributed by atoms with Crippen LogP contribution in [0.2, 0.25) is 5.15 Å². The normalized spacial score (nSPS) is 16.8. The van der Waals surface area contributed by atoms with Gasteiger partial charge in [0.2, 0.25) is 0 Å². The van der Waals surface area contributed by atoms with Gasteiger partial charge in [-0.3, -0.25) is 9.59 Å². The molecule has 0 aliphatic carbocycles. The Balaban J connectivity index is 1.47. The van der Waals surface area contributed by atoms with Crippen LogP contribution in [0.3, 0.4) is 0 Å². The molecule has 34 heavy (non-hydrogen) atoms. The van der Waals surface area contributed by atoms with Gasteiger partial charge in [-0.25, -0.2) is 9.97 Å². The van der Waals surface area contributed by atoms with Crippen LogP contribution in [-0.4, -0.2) is 84.5 Å². The first kappa shape index (κ1) is 24.2. The highest BCUT2D eigenvalue weighted by atomic mass is 35.5. The molecule has 0 unspecified atom stereocenters. The number of primary amides is 1. The van der Waals surface area contributed by atoms with Gasteiger partial charge in [0.15, 0.2) is 23.3 Å². The second kappa shape index (κ2) is 10.5. The van der Waals surface area contributed by atoms with Crippen molar-refractivity contribution in [3.63, 3.8) is 0 Å². The summed E-state index contributed by atoms with van der Waals surface area (Å²) in [4.78, 5) is 39.5. The molecule has 2 aliphatic rings. The van der Waals surface area contributed by atoms with Crippen LogP contribution in [0.15, 0.2) is 18.2 Å². The summed E-state index contributed by atoms with van der Waals surface area (Å²) >= 11 is 6.19. The minimum absolute atomic E-state index is 0.0144. The average Bonchev–Trinajstić information content (AvgIpc) is 2.81. The third-order valence-corrected chi connectivity index (χ3v) is 6.41. The Morgan fingerprint density at radius 2 is 1.97 bits per heavy atom. The molecule has 0 saturated carbocycles. The molecule has 11 heteroatoms. The molecule has 4 rings (SSSR count). The second-order valence-electron chi connectivity index (χ2n) is 8.52. The van der Waals surface area contributed by atoms with E-state index in [0.29, 0.717) is 30.1 Å². The average molecular weight is 488 g/mol. The maximum absolute atomic E-state index is 12.6. The summed E-state index contributed by atoms with van der Waals surface area (Å²) in [5, 5.41) is 3.27. The van der Waals surface area contributed by atoms with E-state index in [4.69, 9.17) is 22.1 Å². The minimum atomic E-state index is -0.701. The van der Waals surface area contributed by atoms with Gasteiger partial charge in [-0.1, -0.05) is 18.5 Å². The molecule has 1 aromatic carbocycles. The maximum Gasteiger partial charge on any atom is 0.271 e. The molecule has 3 N–H and O–H groups in total. The summed E-state index contributed by atoms with van der Waals surface area (Å²) in [7, 11) is 2.14. The van der Waals surface area contributed by atoms with Crippen LogP contribution in [0.25, 0.3) is 0 Å². The number of amides is 2. The highest BCUT2D eigenvalue weighted by Crippen LogP contribution is 2.35. The van der Waals surface area contributed by atoms with Crippen molar-refractivity contribution < 1.29 is 14.3 Å². The highest BCUT2D eigenvalue weighted by molar-refractivity contribution is 6.30. The van der Waals surface area contributed by atoms with Crippen molar-refractivity contribution in [3.05, 3.63) is 34.7 Å². The summed E-state index contributed by atoms with van der Waals surface area (Å²) in [5.74, 6) is -0.0114. The van der Waals surface area contributed by atoms with Crippen LogP contribution in [0.1, 0.15) is 29.5 Å². The van der Waals surface area contributed by atoms with Crippen molar-refractivity contribution >= 4 is 40.6 Å². The zero-order valence-electron chi connectivity index (χ0n) is 19.5. The Morgan fingerprint density at radius 3 is 2.68 bits per heavy atom. The molecule has 0 radical (unpaired) electrons. The fourth-order valence-electron chi connectivity index (χ4n) is 4.12. The molecule has 2 amide bonds. The number of carbonyl (C=O) groups excluding carboxylic acids is 2. The molecule has 1 saturated heterocycles. The van der Waals surface area contributed by atoms with Crippen molar-refractivity contribution in [2.75, 3.05) is 63.1 Å². The van der Waals surface area contributed by atoms with Crippen LogP contribution in [0.4, 0.5) is 17.2 Å². The Morgan fingerprint density at radius 1 is 1.21 bits per heavy atom. The lowest BCUT2D eigenvalue weighted by Crippen LogP contribution is -2.46. The maximum atomic E-state index is 12.6. The number of nitrogens with one attached hydrogen (secondary N) is 1. The van der Waals surface area contributed by atoms with Crippen LogP contribution >= 0.6 is 11.6 Å². The molecule has 0 spiro atoms. The smallest absolute Gasteiger partial charge is 0.271 e. The first-order valence-corrected chi connectivity index (χ1v) is 11.8. The molecule has 10 nitrogen and oxygen atoms in total. The van der Waals surface area contributed by atoms with Crippen LogP contribution in [0, 0.1) is 0 Å². The number of anilines is 3. The van der Waals surface area contributed by atoms with Crippen molar-refractivity contribution in [2.45, 2.75) is 19.8 Å². The zero-order valence-corrected chi connectivity index (χ0v) is 20.3. The largest absolute Gasteiger partial charge is 0.481 e. The summed E-state index contributed by atoms with van der Waals surface area (Å²) in [6.07, 6.45) is 1.41. The summed E-state index contributed by atoms with van der Waals surface area (Å²) in [6, 6.07) is 5.38. The number of ether oxygens (including phenoxy) is 1. The molecular formula is C23H30ClN7O3. The van der Waals surface area contributed by atoms with Crippen LogP contribution < -0.4 is 20.7 Å². The number of nitrogens with two attached hydrogens (primary N) is 1. The lowest BCUT2D eigenvalue weighted by molar-refractivity contribution is -0.121. The lowest BCUT2D eigenvalue weighted by atomic mass is 10.2. The molecule has 0 bridgehead atoms. The Kier molecular flexibility index (Phi) is 7.50. The number of hydrogen-bond acceptors (Lipinski definition) is 8. The minimum Gasteiger partial charge on any atom is -0.481 e. The predicted octanol–water partition coefficient (Wildman–Crippen LogP) is 1.90. The molecule has 1 fully saturated rings. The van der Waals surface area contributed by atoms with Crippen molar-refractivity contribution in [2.24, 2.45) is 5.73 Å². The van der Waals surface area contributed by atoms with Gasteiger partial charge in [-0.2, -0.15) is 0 Å². The molecule has 2 aliphatic heterocycles. The molecule has 182 valence electrons. The number of hydrogen-bond donors (Lipinski definition) is 2. The number of carbonyl (C=O) groups is 2. The van der Waals surface area contributed by atoms with Gasteiger partial charge < -0.3 is 30.5 Å². The van der Waals surface area contributed by atoms with Gasteiger partial charge in [0.1, 0.15) is 5.75 Å². The third-order valence-electron chi connectivity index (χ3n) is 6.10. The van der Waals surface area contributed by atoms with Crippen molar-refractivity contribution in [1.82, 2.24) is 19.8 Å². The van der Waals surface area contributed by atoms with Gasteiger partial charge in [0, 0.05) is 44.5 Å². The second-order valence-corrected chi connectivity index (χ2v) is 8.87. The van der Waals surface area contributed by atoms with E-state index in [0.717, 1.165) is 44.8 Å². The van der Waals surface area contributed by atoms with Crippen molar-refractivity contribution in [3.8, 4) is 5.75 Å². The zero-order chi connectivity index (χ0) is 24.2. The Bertz CT molecular complexity index is 1070. The SMILES string of the molecule is CCc1nc(C(N)=O)c(Nc2ccc3c(c2)OCC(=O)N3CCCN2CCN(C)CC2)nc1Cl. The van der Waals surface area contributed by atoms with Gasteiger partial charge >= 0.3 is 0 Å². The first-order valence-electron chi connectivity index (χ1n) is 11.5. The van der Waals surface area contributed by atoms with E-state index in [-0.39, 0.29) is 29.2 Å². The Labute approximate surface area is 204 Å². The van der Waals surface area contributed by atoms with Crippen LogP contribution in [0.5, 0.6) is 5.75 Å². The van der Waals surface area contributed by atoms with Gasteiger partial charge in [-0.05, 0) is 38.6 Å². The molecule has 0 atom stereocenters. The molecule has 2 aromatic rings. The monoisotopic (exact) mass is 487 g/mol. The van der Waals surface area contributed by atoms with E-state index in [1.165, 1.54) is 0 Å². The number of fused-ring (bicyclic) bond motifs is 1. The predicted molar refractivity (Wildman–Crippen MR) is 131 cm³/mol. The van der Waals surface area contributed by atoms with Crippen molar-refractivity contribution in [1.29, 1.82) is 0 Å². The number of aryl methyl sites for hydroxylation is 1. The number of piperazine rings is 1. The number of nitrogens with zero attached hydrogens (tertiary/aromatic N) is 5. The molecule has 3 heterocycles. The number of rotatable bonds is 8. The first-order chi connectivity index (χ1) is 16.4. The van der Waals surface area contributed by atoms with Gasteiger partial charge in [-0.15, -0.1) is 0 Å². The van der Waals surface area contributed by atoms with Gasteiger partial charge in [0.25, 0.3) is 11.8 Å². The van der Waals surface area contributed by atoms with E-state index in [9.17, 15) is 9.59 Å².